The van der Waals surface area contributed by atoms with Crippen LogP contribution in [0.25, 0.3) is 0 Å². The van der Waals surface area contributed by atoms with Gasteiger partial charge in [0.05, 0.1) is 28.3 Å². The van der Waals surface area contributed by atoms with E-state index in [9.17, 15) is 14.0 Å². The van der Waals surface area contributed by atoms with E-state index >= 15 is 0 Å². The summed E-state index contributed by atoms with van der Waals surface area (Å²) >= 11 is 11.5. The van der Waals surface area contributed by atoms with Crippen molar-refractivity contribution in [1.29, 1.82) is 0 Å². The fraction of sp³-hybridized carbons (Fsp3) is 0.368. The van der Waals surface area contributed by atoms with E-state index in [0.717, 1.165) is 23.5 Å². The van der Waals surface area contributed by atoms with Gasteiger partial charge in [0.25, 0.3) is 0 Å². The molecular weight excluding hydrogens is 396 g/mol. The molecule has 0 fully saturated rings. The van der Waals surface area contributed by atoms with Crippen LogP contribution in [0.1, 0.15) is 45.1 Å². The van der Waals surface area contributed by atoms with E-state index < -0.39 is 18.4 Å². The van der Waals surface area contributed by atoms with Crippen LogP contribution >= 0.6 is 23.2 Å². The topological polar surface area (TPSA) is 57.5 Å². The number of hydrogen-bond donors (Lipinski definition) is 0. The summed E-state index contributed by atoms with van der Waals surface area (Å²) in [5, 5.41) is -0.254. The van der Waals surface area contributed by atoms with Crippen LogP contribution < -0.4 is 0 Å². The van der Waals surface area contributed by atoms with Crippen LogP contribution in [0.3, 0.4) is 0 Å². The molecule has 27 heavy (non-hydrogen) atoms. The van der Waals surface area contributed by atoms with Crippen LogP contribution in [-0.2, 0) is 9.47 Å². The third kappa shape index (κ3) is 4.69. The lowest BCUT2D eigenvalue weighted by atomic mass is 10.1. The van der Waals surface area contributed by atoms with Gasteiger partial charge in [-0.3, -0.25) is 4.79 Å². The number of halogens is 3. The molecule has 0 aliphatic rings. The minimum Gasteiger partial charge on any atom is -0.454 e. The third-order valence-electron chi connectivity index (χ3n) is 4.20. The van der Waals surface area contributed by atoms with Gasteiger partial charge < -0.3 is 14.0 Å². The number of rotatable bonds is 7. The summed E-state index contributed by atoms with van der Waals surface area (Å²) in [7, 11) is 1.61. The van der Waals surface area contributed by atoms with E-state index in [0.29, 0.717) is 12.2 Å². The Balaban J connectivity index is 2.13. The molecular formula is C19H20Cl2FNO4. The zero-order valence-corrected chi connectivity index (χ0v) is 16.9. The summed E-state index contributed by atoms with van der Waals surface area (Å²) < 4.78 is 25.7. The number of carbonyl (C=O) groups excluding carboxylic acids is 2. The SMILES string of the molecule is COC[C@@H](C)n1c(C)cc(C(=O)COC(=O)c2cc(F)c(Cl)cc2Cl)c1C. The smallest absolute Gasteiger partial charge is 0.340 e. The molecule has 0 saturated carbocycles. The van der Waals surface area contributed by atoms with Crippen LogP contribution in [0.4, 0.5) is 4.39 Å². The molecule has 0 unspecified atom stereocenters. The number of hydrogen-bond acceptors (Lipinski definition) is 4. The van der Waals surface area contributed by atoms with E-state index in [4.69, 9.17) is 32.7 Å². The van der Waals surface area contributed by atoms with Crippen molar-refractivity contribution in [2.75, 3.05) is 20.3 Å². The van der Waals surface area contributed by atoms with Crippen molar-refractivity contribution in [3.63, 3.8) is 0 Å². The normalized spacial score (nSPS) is 12.1. The molecule has 0 radical (unpaired) electrons. The number of methoxy groups -OCH3 is 1. The van der Waals surface area contributed by atoms with Gasteiger partial charge >= 0.3 is 5.97 Å². The monoisotopic (exact) mass is 415 g/mol. The van der Waals surface area contributed by atoms with Gasteiger partial charge in [-0.1, -0.05) is 23.2 Å². The first-order valence-corrected chi connectivity index (χ1v) is 8.95. The highest BCUT2D eigenvalue weighted by molar-refractivity contribution is 6.36. The second-order valence-electron chi connectivity index (χ2n) is 6.20. The fourth-order valence-electron chi connectivity index (χ4n) is 3.02. The molecule has 0 saturated heterocycles. The average Bonchev–Trinajstić information content (AvgIpc) is 2.90. The van der Waals surface area contributed by atoms with Gasteiger partial charge in [-0.25, -0.2) is 9.18 Å². The van der Waals surface area contributed by atoms with Crippen molar-refractivity contribution in [2.45, 2.75) is 26.8 Å². The molecule has 0 spiro atoms. The summed E-state index contributed by atoms with van der Waals surface area (Å²) in [4.78, 5) is 24.6. The molecule has 1 aromatic heterocycles. The minimum absolute atomic E-state index is 0.0505. The van der Waals surface area contributed by atoms with Gasteiger partial charge in [-0.2, -0.15) is 0 Å². The maximum atomic E-state index is 13.5. The van der Waals surface area contributed by atoms with Crippen molar-refractivity contribution >= 4 is 35.0 Å². The summed E-state index contributed by atoms with van der Waals surface area (Å²) in [6.45, 7) is 5.70. The zero-order chi connectivity index (χ0) is 20.3. The maximum absolute atomic E-state index is 13.5. The summed E-state index contributed by atoms with van der Waals surface area (Å²) in [5.74, 6) is -2.06. The molecule has 1 heterocycles. The van der Waals surface area contributed by atoms with Crippen LogP contribution in [0, 0.1) is 19.7 Å². The van der Waals surface area contributed by atoms with E-state index in [1.165, 1.54) is 0 Å². The van der Waals surface area contributed by atoms with Crippen molar-refractivity contribution in [1.82, 2.24) is 4.57 Å². The summed E-state index contributed by atoms with van der Waals surface area (Å²) in [6.07, 6.45) is 0. The van der Waals surface area contributed by atoms with Crippen LogP contribution in [0.2, 0.25) is 10.0 Å². The molecule has 0 N–H and O–H groups in total. The molecule has 5 nitrogen and oxygen atoms in total. The van der Waals surface area contributed by atoms with Gasteiger partial charge in [0, 0.05) is 24.1 Å². The Labute approximate surface area is 167 Å². The first-order valence-electron chi connectivity index (χ1n) is 8.19. The lowest BCUT2D eigenvalue weighted by Gasteiger charge is -2.17. The van der Waals surface area contributed by atoms with Gasteiger partial charge in [-0.05, 0) is 39.0 Å². The standard InChI is InChI=1S/C19H20Cl2FNO4/c1-10-5-13(12(3)23(10)11(2)8-26-4)18(24)9-27-19(25)14-6-17(22)16(21)7-15(14)20/h5-7,11H,8-9H2,1-4H3/t11-/m1/s1. The second kappa shape index (κ2) is 8.87. The van der Waals surface area contributed by atoms with Gasteiger partial charge in [0.1, 0.15) is 5.82 Å². The van der Waals surface area contributed by atoms with E-state index in [-0.39, 0.29) is 27.4 Å². The van der Waals surface area contributed by atoms with Crippen LogP contribution in [0.15, 0.2) is 18.2 Å². The molecule has 1 atom stereocenters. The first-order chi connectivity index (χ1) is 12.7. The number of carbonyl (C=O) groups is 2. The fourth-order valence-corrected chi connectivity index (χ4v) is 3.48. The first kappa shape index (κ1) is 21.4. The van der Waals surface area contributed by atoms with Gasteiger partial charge in [-0.15, -0.1) is 0 Å². The van der Waals surface area contributed by atoms with E-state index in [1.54, 1.807) is 13.2 Å². The van der Waals surface area contributed by atoms with Crippen molar-refractivity contribution < 1.29 is 23.5 Å². The zero-order valence-electron chi connectivity index (χ0n) is 15.4. The highest BCUT2D eigenvalue weighted by Crippen LogP contribution is 2.25. The molecule has 2 rings (SSSR count). The molecule has 8 heteroatoms. The van der Waals surface area contributed by atoms with Crippen molar-refractivity contribution in [2.24, 2.45) is 0 Å². The van der Waals surface area contributed by atoms with Crippen molar-refractivity contribution in [3.8, 4) is 0 Å². The number of aromatic nitrogens is 1. The minimum atomic E-state index is -0.898. The van der Waals surface area contributed by atoms with Crippen LogP contribution in [-0.4, -0.2) is 36.6 Å². The number of benzene rings is 1. The lowest BCUT2D eigenvalue weighted by molar-refractivity contribution is 0.0474. The van der Waals surface area contributed by atoms with Crippen molar-refractivity contribution in [3.05, 3.63) is 56.6 Å². The Kier molecular flexibility index (Phi) is 7.03. The number of ether oxygens (including phenoxy) is 2. The number of aryl methyl sites for hydroxylation is 1. The predicted molar refractivity (Wildman–Crippen MR) is 102 cm³/mol. The highest BCUT2D eigenvalue weighted by Gasteiger charge is 2.21. The number of Topliss-reactive ketones (excluding diaryl/α,β-unsaturated/α-hetero) is 1. The molecule has 1 aromatic carbocycles. The Morgan fingerprint density at radius 2 is 1.81 bits per heavy atom. The van der Waals surface area contributed by atoms with Gasteiger partial charge in [0.2, 0.25) is 5.78 Å². The van der Waals surface area contributed by atoms with E-state index in [1.807, 2.05) is 25.3 Å². The Hall–Kier alpha value is -1.89. The number of ketones is 1. The Morgan fingerprint density at radius 3 is 2.44 bits per heavy atom. The largest absolute Gasteiger partial charge is 0.454 e. The summed E-state index contributed by atoms with van der Waals surface area (Å²) in [6, 6.07) is 3.79. The third-order valence-corrected chi connectivity index (χ3v) is 4.80. The quantitative estimate of drug-likeness (QED) is 0.370. The summed E-state index contributed by atoms with van der Waals surface area (Å²) in [5.41, 5.74) is 1.92. The molecule has 0 bridgehead atoms. The average molecular weight is 416 g/mol. The highest BCUT2D eigenvalue weighted by atomic mass is 35.5. The van der Waals surface area contributed by atoms with E-state index in [2.05, 4.69) is 0 Å². The molecule has 0 aliphatic carbocycles. The number of esters is 1. The number of nitrogens with zero attached hydrogens (tertiary/aromatic N) is 1. The maximum Gasteiger partial charge on any atom is 0.340 e. The molecule has 2 aromatic rings. The molecule has 0 amide bonds. The lowest BCUT2D eigenvalue weighted by Crippen LogP contribution is -2.17. The Bertz CT molecular complexity index is 879. The molecule has 0 aliphatic heterocycles. The molecule has 146 valence electrons. The predicted octanol–water partition coefficient (Wildman–Crippen LogP) is 4.80. The Morgan fingerprint density at radius 1 is 1.15 bits per heavy atom. The van der Waals surface area contributed by atoms with Gasteiger partial charge in [0.15, 0.2) is 6.61 Å². The second-order valence-corrected chi connectivity index (χ2v) is 7.02. The van der Waals surface area contributed by atoms with Crippen LogP contribution in [0.5, 0.6) is 0 Å².